The van der Waals surface area contributed by atoms with Gasteiger partial charge in [-0.15, -0.1) is 0 Å². The van der Waals surface area contributed by atoms with E-state index in [-0.39, 0.29) is 10.8 Å². The number of hydrogen-bond donors (Lipinski definition) is 1. The van der Waals surface area contributed by atoms with E-state index in [0.29, 0.717) is 18.3 Å². The van der Waals surface area contributed by atoms with Crippen molar-refractivity contribution >= 4 is 5.78 Å². The van der Waals surface area contributed by atoms with Crippen molar-refractivity contribution in [2.45, 2.75) is 58.3 Å². The van der Waals surface area contributed by atoms with Gasteiger partial charge in [-0.1, -0.05) is 19.4 Å². The Morgan fingerprint density at radius 3 is 2.86 bits per heavy atom. The minimum atomic E-state index is 0.237. The van der Waals surface area contributed by atoms with Gasteiger partial charge in [0.1, 0.15) is 0 Å². The summed E-state index contributed by atoms with van der Waals surface area (Å²) in [5.41, 5.74) is 0.486. The van der Waals surface area contributed by atoms with Gasteiger partial charge in [0, 0.05) is 13.0 Å². The standard InChI is InChI=1S/C19H28O2/c1-18-9-6-14(21)11-13(18)4-5-15-16(18)7-10-19(12-20)8-2-3-17(15)19/h6,9,13,15-17,20H,2-5,7-8,10-12H2,1H3/t13-,15+,16-,17-,18-,19-/m0/s1. The second-order valence-electron chi connectivity index (χ2n) is 8.47. The average molecular weight is 288 g/mol. The molecule has 0 unspecified atom stereocenters. The van der Waals surface area contributed by atoms with Crippen molar-refractivity contribution in [2.24, 2.45) is 34.5 Å². The smallest absolute Gasteiger partial charge is 0.155 e. The monoisotopic (exact) mass is 288 g/mol. The van der Waals surface area contributed by atoms with Crippen molar-refractivity contribution in [2.75, 3.05) is 6.61 Å². The molecule has 0 heterocycles. The zero-order valence-electron chi connectivity index (χ0n) is 13.2. The maximum absolute atomic E-state index is 11.8. The molecule has 3 saturated carbocycles. The Kier molecular flexibility index (Phi) is 3.12. The highest BCUT2D eigenvalue weighted by Gasteiger charge is 2.58. The first kappa shape index (κ1) is 14.0. The van der Waals surface area contributed by atoms with Gasteiger partial charge < -0.3 is 5.11 Å². The molecule has 3 fully saturated rings. The van der Waals surface area contributed by atoms with Gasteiger partial charge in [-0.05, 0) is 79.1 Å². The summed E-state index contributed by atoms with van der Waals surface area (Å²) in [5.74, 6) is 3.16. The summed E-state index contributed by atoms with van der Waals surface area (Å²) in [7, 11) is 0. The van der Waals surface area contributed by atoms with Gasteiger partial charge in [0.05, 0.1) is 0 Å². The fraction of sp³-hybridized carbons (Fsp3) is 0.842. The molecule has 0 aromatic rings. The second-order valence-corrected chi connectivity index (χ2v) is 8.47. The summed E-state index contributed by atoms with van der Waals surface area (Å²) in [4.78, 5) is 11.8. The topological polar surface area (TPSA) is 37.3 Å². The lowest BCUT2D eigenvalue weighted by Crippen LogP contribution is -2.52. The predicted octanol–water partition coefficient (Wildman–Crippen LogP) is 3.74. The molecule has 2 heteroatoms. The van der Waals surface area contributed by atoms with Gasteiger partial charge in [-0.25, -0.2) is 0 Å². The highest BCUT2D eigenvalue weighted by atomic mass is 16.3. The Labute approximate surface area is 128 Å². The zero-order chi connectivity index (χ0) is 14.7. The Balaban J connectivity index is 1.68. The predicted molar refractivity (Wildman–Crippen MR) is 82.7 cm³/mol. The minimum absolute atomic E-state index is 0.237. The molecule has 4 aliphatic rings. The van der Waals surface area contributed by atoms with Crippen LogP contribution in [0.3, 0.4) is 0 Å². The SMILES string of the molecule is C[C@]12C=CC(=O)C[C@@H]1CC[C@H]1[C@@H]3CCC[C@@]3(CO)CC[C@@H]12. The van der Waals surface area contributed by atoms with Gasteiger partial charge in [0.15, 0.2) is 5.78 Å². The molecule has 116 valence electrons. The molecule has 2 nitrogen and oxygen atoms in total. The van der Waals surface area contributed by atoms with Crippen LogP contribution in [0, 0.1) is 34.5 Å². The molecule has 0 radical (unpaired) electrons. The molecule has 4 rings (SSSR count). The van der Waals surface area contributed by atoms with Crippen LogP contribution in [0.1, 0.15) is 58.3 Å². The number of aliphatic hydroxyl groups is 1. The lowest BCUT2D eigenvalue weighted by molar-refractivity contribution is -0.123. The fourth-order valence-corrected chi connectivity index (χ4v) is 6.70. The number of ketones is 1. The molecule has 6 atom stereocenters. The summed E-state index contributed by atoms with van der Waals surface area (Å²) in [6, 6.07) is 0. The fourth-order valence-electron chi connectivity index (χ4n) is 6.70. The van der Waals surface area contributed by atoms with E-state index >= 15 is 0 Å². The molecule has 4 aliphatic carbocycles. The van der Waals surface area contributed by atoms with E-state index in [4.69, 9.17) is 0 Å². The maximum atomic E-state index is 11.8. The normalized spacial score (nSPS) is 52.2. The number of aliphatic hydroxyl groups excluding tert-OH is 1. The molecule has 0 amide bonds. The molecular formula is C19H28O2. The van der Waals surface area contributed by atoms with Crippen molar-refractivity contribution in [3.05, 3.63) is 12.2 Å². The lowest BCUT2D eigenvalue weighted by atomic mass is 9.46. The molecule has 21 heavy (non-hydrogen) atoms. The van der Waals surface area contributed by atoms with E-state index in [0.717, 1.165) is 24.2 Å². The van der Waals surface area contributed by atoms with E-state index < -0.39 is 0 Å². The number of allylic oxidation sites excluding steroid dienone is 2. The van der Waals surface area contributed by atoms with Crippen molar-refractivity contribution < 1.29 is 9.90 Å². The Morgan fingerprint density at radius 2 is 2.05 bits per heavy atom. The Bertz CT molecular complexity index is 482. The quantitative estimate of drug-likeness (QED) is 0.798. The van der Waals surface area contributed by atoms with Crippen LogP contribution < -0.4 is 0 Å². The first-order valence-electron chi connectivity index (χ1n) is 8.92. The molecule has 0 aliphatic heterocycles. The molecule has 0 spiro atoms. The third kappa shape index (κ3) is 1.84. The van der Waals surface area contributed by atoms with Crippen LogP contribution in [0.25, 0.3) is 0 Å². The molecule has 0 bridgehead atoms. The number of carbonyl (C=O) groups is 1. The van der Waals surface area contributed by atoms with Crippen LogP contribution in [-0.4, -0.2) is 17.5 Å². The zero-order valence-corrected chi connectivity index (χ0v) is 13.2. The molecule has 0 aromatic heterocycles. The minimum Gasteiger partial charge on any atom is -0.396 e. The van der Waals surface area contributed by atoms with Gasteiger partial charge in [0.25, 0.3) is 0 Å². The van der Waals surface area contributed by atoms with Crippen LogP contribution in [0.15, 0.2) is 12.2 Å². The third-order valence-corrected chi connectivity index (χ3v) is 7.88. The van der Waals surface area contributed by atoms with E-state index in [9.17, 15) is 9.90 Å². The highest BCUT2D eigenvalue weighted by Crippen LogP contribution is 2.64. The van der Waals surface area contributed by atoms with Crippen LogP contribution in [0.5, 0.6) is 0 Å². The second kappa shape index (κ2) is 4.68. The Morgan fingerprint density at radius 1 is 1.19 bits per heavy atom. The number of fused-ring (bicyclic) bond motifs is 5. The first-order valence-corrected chi connectivity index (χ1v) is 8.92. The van der Waals surface area contributed by atoms with Gasteiger partial charge in [-0.3, -0.25) is 4.79 Å². The number of carbonyl (C=O) groups excluding carboxylic acids is 1. The van der Waals surface area contributed by atoms with E-state index in [2.05, 4.69) is 13.0 Å². The summed E-state index contributed by atoms with van der Waals surface area (Å²) >= 11 is 0. The number of rotatable bonds is 1. The van der Waals surface area contributed by atoms with Crippen molar-refractivity contribution in [3.63, 3.8) is 0 Å². The van der Waals surface area contributed by atoms with Crippen molar-refractivity contribution in [1.82, 2.24) is 0 Å². The Hall–Kier alpha value is -0.630. The maximum Gasteiger partial charge on any atom is 0.155 e. The summed E-state index contributed by atoms with van der Waals surface area (Å²) in [6.07, 6.45) is 13.7. The van der Waals surface area contributed by atoms with Gasteiger partial charge >= 0.3 is 0 Å². The van der Waals surface area contributed by atoms with Crippen LogP contribution in [-0.2, 0) is 4.79 Å². The third-order valence-electron chi connectivity index (χ3n) is 7.88. The highest BCUT2D eigenvalue weighted by molar-refractivity contribution is 5.91. The van der Waals surface area contributed by atoms with Gasteiger partial charge in [0.2, 0.25) is 0 Å². The summed E-state index contributed by atoms with van der Waals surface area (Å²) in [5, 5.41) is 10.0. The summed E-state index contributed by atoms with van der Waals surface area (Å²) < 4.78 is 0. The number of hydrogen-bond acceptors (Lipinski definition) is 2. The molecule has 1 N–H and O–H groups in total. The average Bonchev–Trinajstić information content (AvgIpc) is 2.92. The molecular weight excluding hydrogens is 260 g/mol. The van der Waals surface area contributed by atoms with Crippen LogP contribution >= 0.6 is 0 Å². The molecule has 0 aromatic carbocycles. The van der Waals surface area contributed by atoms with Gasteiger partial charge in [-0.2, -0.15) is 0 Å². The van der Waals surface area contributed by atoms with E-state index in [1.165, 1.54) is 44.9 Å². The van der Waals surface area contributed by atoms with Crippen LogP contribution in [0.2, 0.25) is 0 Å². The van der Waals surface area contributed by atoms with Crippen molar-refractivity contribution in [1.29, 1.82) is 0 Å². The van der Waals surface area contributed by atoms with Crippen LogP contribution in [0.4, 0.5) is 0 Å². The molecule has 0 saturated heterocycles. The van der Waals surface area contributed by atoms with Crippen molar-refractivity contribution in [3.8, 4) is 0 Å². The largest absolute Gasteiger partial charge is 0.396 e. The first-order chi connectivity index (χ1) is 10.1. The lowest BCUT2D eigenvalue weighted by Gasteiger charge is -2.58. The van der Waals surface area contributed by atoms with E-state index in [1.54, 1.807) is 0 Å². The van der Waals surface area contributed by atoms with E-state index in [1.807, 2.05) is 6.08 Å². The summed E-state index contributed by atoms with van der Waals surface area (Å²) in [6.45, 7) is 2.81.